The van der Waals surface area contributed by atoms with E-state index in [1.54, 1.807) is 6.07 Å². The topological polar surface area (TPSA) is 133 Å². The Hall–Kier alpha value is -2.90. The van der Waals surface area contributed by atoms with Gasteiger partial charge in [0, 0.05) is 31.3 Å². The highest BCUT2D eigenvalue weighted by Crippen LogP contribution is 2.33. The third-order valence-corrected chi connectivity index (χ3v) is 9.04. The van der Waals surface area contributed by atoms with Gasteiger partial charge in [-0.2, -0.15) is 4.31 Å². The van der Waals surface area contributed by atoms with Crippen LogP contribution in [0, 0.1) is 11.8 Å². The van der Waals surface area contributed by atoms with Crippen LogP contribution in [0.3, 0.4) is 0 Å². The van der Waals surface area contributed by atoms with Crippen molar-refractivity contribution in [3.8, 4) is 11.5 Å². The first kappa shape index (κ1) is 31.0. The molecule has 2 aromatic rings. The van der Waals surface area contributed by atoms with Crippen LogP contribution in [0.15, 0.2) is 53.4 Å². The molecule has 1 amide bonds. The standard InChI is InChI=1S/C29H40N2O9S/c1-19(2)16-31(41(34,35)23-14-21(36-3)13-22(15-23)37-4)17-26(32)25(12-20-8-6-5-7-9-20)30-29(33)40-27-18-39-28-24(27)10-11-38-28/h5-9,13-15,19,24-28,32H,10-12,16-18H2,1-4H3,(H,30,33)/t24?,25-,26+,27?,28+/m0/s1. The van der Waals surface area contributed by atoms with Gasteiger partial charge in [0.05, 0.1) is 50.4 Å². The van der Waals surface area contributed by atoms with E-state index in [0.29, 0.717) is 18.1 Å². The molecule has 2 aliphatic rings. The van der Waals surface area contributed by atoms with Gasteiger partial charge in [-0.1, -0.05) is 44.2 Å². The summed E-state index contributed by atoms with van der Waals surface area (Å²) in [4.78, 5) is 13.0. The molecule has 2 aromatic carbocycles. The normalized spacial score (nSPS) is 21.9. The molecule has 2 N–H and O–H groups in total. The second kappa shape index (κ2) is 13.8. The van der Waals surface area contributed by atoms with Crippen molar-refractivity contribution in [1.82, 2.24) is 9.62 Å². The van der Waals surface area contributed by atoms with Gasteiger partial charge in [0.25, 0.3) is 0 Å². The van der Waals surface area contributed by atoms with E-state index in [4.69, 9.17) is 23.7 Å². The Morgan fingerprint density at radius 2 is 1.76 bits per heavy atom. The number of nitrogens with one attached hydrogen (secondary N) is 1. The van der Waals surface area contributed by atoms with E-state index in [0.717, 1.165) is 12.0 Å². The lowest BCUT2D eigenvalue weighted by Gasteiger charge is -2.31. The lowest BCUT2D eigenvalue weighted by atomic mass is 10.0. The summed E-state index contributed by atoms with van der Waals surface area (Å²) in [7, 11) is -1.20. The van der Waals surface area contributed by atoms with E-state index >= 15 is 0 Å². The van der Waals surface area contributed by atoms with Crippen LogP contribution in [0.5, 0.6) is 11.5 Å². The summed E-state index contributed by atoms with van der Waals surface area (Å²) >= 11 is 0. The quantitative estimate of drug-likeness (QED) is 0.360. The van der Waals surface area contributed by atoms with E-state index in [1.165, 1.54) is 30.7 Å². The lowest BCUT2D eigenvalue weighted by molar-refractivity contribution is -0.0907. The number of hydrogen-bond acceptors (Lipinski definition) is 9. The van der Waals surface area contributed by atoms with Gasteiger partial charge in [0.15, 0.2) is 6.29 Å². The number of carbonyl (C=O) groups is 1. The molecule has 5 atom stereocenters. The van der Waals surface area contributed by atoms with E-state index in [1.807, 2.05) is 44.2 Å². The number of carbonyl (C=O) groups excluding carboxylic acids is 1. The van der Waals surface area contributed by atoms with E-state index < -0.39 is 34.4 Å². The first-order chi connectivity index (χ1) is 19.6. The highest BCUT2D eigenvalue weighted by atomic mass is 32.2. The summed E-state index contributed by atoms with van der Waals surface area (Å²) in [5.74, 6) is 0.568. The fraction of sp³-hybridized carbons (Fsp3) is 0.552. The van der Waals surface area contributed by atoms with Gasteiger partial charge in [0.1, 0.15) is 17.6 Å². The molecule has 41 heavy (non-hydrogen) atoms. The highest BCUT2D eigenvalue weighted by Gasteiger charge is 2.44. The number of aliphatic hydroxyl groups is 1. The Morgan fingerprint density at radius 3 is 2.39 bits per heavy atom. The summed E-state index contributed by atoms with van der Waals surface area (Å²) in [6.45, 7) is 4.45. The van der Waals surface area contributed by atoms with Crippen LogP contribution < -0.4 is 14.8 Å². The molecule has 4 rings (SSSR count). The maximum absolute atomic E-state index is 13.8. The van der Waals surface area contributed by atoms with Gasteiger partial charge >= 0.3 is 6.09 Å². The molecule has 2 aliphatic heterocycles. The van der Waals surface area contributed by atoms with Gasteiger partial charge in [0.2, 0.25) is 10.0 Å². The van der Waals surface area contributed by atoms with Crippen LogP contribution >= 0.6 is 0 Å². The zero-order valence-corrected chi connectivity index (χ0v) is 24.7. The Kier molecular flexibility index (Phi) is 10.5. The molecule has 2 heterocycles. The Morgan fingerprint density at radius 1 is 1.07 bits per heavy atom. The van der Waals surface area contributed by atoms with Crippen molar-refractivity contribution >= 4 is 16.1 Å². The first-order valence-electron chi connectivity index (χ1n) is 13.8. The molecule has 0 spiro atoms. The van der Waals surface area contributed by atoms with Crippen molar-refractivity contribution in [1.29, 1.82) is 0 Å². The van der Waals surface area contributed by atoms with E-state index in [9.17, 15) is 18.3 Å². The van der Waals surface area contributed by atoms with Crippen LogP contribution in [0.25, 0.3) is 0 Å². The molecule has 12 heteroatoms. The number of nitrogens with zero attached hydrogens (tertiary/aromatic N) is 1. The molecule has 2 unspecified atom stereocenters. The van der Waals surface area contributed by atoms with Crippen molar-refractivity contribution in [2.45, 2.75) is 56.1 Å². The number of ether oxygens (including phenoxy) is 5. The predicted molar refractivity (Wildman–Crippen MR) is 150 cm³/mol. The monoisotopic (exact) mass is 592 g/mol. The van der Waals surface area contributed by atoms with Gasteiger partial charge < -0.3 is 34.1 Å². The molecule has 2 fully saturated rings. The molecule has 0 aliphatic carbocycles. The smallest absolute Gasteiger partial charge is 0.407 e. The van der Waals surface area contributed by atoms with Gasteiger partial charge in [-0.05, 0) is 24.3 Å². The third-order valence-electron chi connectivity index (χ3n) is 7.23. The van der Waals surface area contributed by atoms with Crippen LogP contribution in [-0.2, 0) is 30.7 Å². The fourth-order valence-corrected chi connectivity index (χ4v) is 6.79. The predicted octanol–water partition coefficient (Wildman–Crippen LogP) is 2.81. The molecule has 0 radical (unpaired) electrons. The summed E-state index contributed by atoms with van der Waals surface area (Å²) < 4.78 is 56.2. The van der Waals surface area contributed by atoms with Crippen LogP contribution in [0.4, 0.5) is 4.79 Å². The third kappa shape index (κ3) is 7.89. The molecule has 0 saturated carbocycles. The largest absolute Gasteiger partial charge is 0.497 e. The zero-order valence-electron chi connectivity index (χ0n) is 23.9. The minimum absolute atomic E-state index is 0.0249. The molecule has 11 nitrogen and oxygen atoms in total. The summed E-state index contributed by atoms with van der Waals surface area (Å²) in [6, 6.07) is 12.9. The fourth-order valence-electron chi connectivity index (χ4n) is 5.11. The number of benzene rings is 2. The van der Waals surface area contributed by atoms with E-state index in [-0.39, 0.29) is 49.1 Å². The number of alkyl carbamates (subject to hydrolysis) is 1. The maximum Gasteiger partial charge on any atom is 0.407 e. The van der Waals surface area contributed by atoms with Crippen LogP contribution in [0.2, 0.25) is 0 Å². The summed E-state index contributed by atoms with van der Waals surface area (Å²) in [5, 5.41) is 14.2. The molecule has 0 bridgehead atoms. The minimum Gasteiger partial charge on any atom is -0.497 e. The second-order valence-electron chi connectivity index (χ2n) is 10.7. The Bertz CT molecular complexity index is 1240. The lowest BCUT2D eigenvalue weighted by Crippen LogP contribution is -2.51. The molecule has 2 saturated heterocycles. The Labute approximate surface area is 241 Å². The number of hydrogen-bond donors (Lipinski definition) is 2. The second-order valence-corrected chi connectivity index (χ2v) is 12.7. The SMILES string of the molecule is COc1cc(OC)cc(S(=O)(=O)N(CC(C)C)C[C@@H](O)[C@H](Cc2ccccc2)NC(=O)OC2CO[C@H]3OCCC23)c1. The average Bonchev–Trinajstić information content (AvgIpc) is 3.57. The summed E-state index contributed by atoms with van der Waals surface area (Å²) in [6.07, 6.45) is -1.80. The first-order valence-corrected chi connectivity index (χ1v) is 15.2. The van der Waals surface area contributed by atoms with Gasteiger partial charge in [-0.15, -0.1) is 0 Å². The number of fused-ring (bicyclic) bond motifs is 1. The van der Waals surface area contributed by atoms with Crippen molar-refractivity contribution in [3.05, 3.63) is 54.1 Å². The highest BCUT2D eigenvalue weighted by molar-refractivity contribution is 7.89. The van der Waals surface area contributed by atoms with Gasteiger partial charge in [-0.3, -0.25) is 0 Å². The van der Waals surface area contributed by atoms with E-state index in [2.05, 4.69) is 5.32 Å². The number of sulfonamides is 1. The number of amides is 1. The number of rotatable bonds is 13. The average molecular weight is 593 g/mol. The van der Waals surface area contributed by atoms with Crippen molar-refractivity contribution in [3.63, 3.8) is 0 Å². The molecule has 0 aromatic heterocycles. The zero-order chi connectivity index (χ0) is 29.6. The molecule has 226 valence electrons. The van der Waals surface area contributed by atoms with Crippen molar-refractivity contribution < 1.29 is 42.0 Å². The molecular formula is C29H40N2O9S. The van der Waals surface area contributed by atoms with Gasteiger partial charge in [-0.25, -0.2) is 13.2 Å². The van der Waals surface area contributed by atoms with Crippen molar-refractivity contribution in [2.24, 2.45) is 11.8 Å². The molecular weight excluding hydrogens is 552 g/mol. The minimum atomic E-state index is -4.08. The maximum atomic E-state index is 13.8. The Balaban J connectivity index is 1.55. The number of methoxy groups -OCH3 is 2. The number of aliphatic hydroxyl groups excluding tert-OH is 1. The van der Waals surface area contributed by atoms with Crippen LogP contribution in [-0.4, -0.2) is 89.0 Å². The van der Waals surface area contributed by atoms with Crippen LogP contribution in [0.1, 0.15) is 25.8 Å². The van der Waals surface area contributed by atoms with Crippen molar-refractivity contribution in [2.75, 3.05) is 40.5 Å². The summed E-state index contributed by atoms with van der Waals surface area (Å²) in [5.41, 5.74) is 0.862.